The van der Waals surface area contributed by atoms with Gasteiger partial charge in [0.15, 0.2) is 0 Å². The van der Waals surface area contributed by atoms with Crippen molar-refractivity contribution in [1.82, 2.24) is 0 Å². The fourth-order valence-corrected chi connectivity index (χ4v) is 0. The first-order valence-electron chi connectivity index (χ1n) is 6.72. The van der Waals surface area contributed by atoms with Crippen LogP contribution in [0.2, 0.25) is 0 Å². The summed E-state index contributed by atoms with van der Waals surface area (Å²) in [5.74, 6) is 0. The minimum absolute atomic E-state index is 0. The van der Waals surface area contributed by atoms with Crippen molar-refractivity contribution in [2.24, 2.45) is 5.41 Å². The van der Waals surface area contributed by atoms with Crippen LogP contribution >= 0.6 is 0 Å². The molecule has 0 unspecified atom stereocenters. The van der Waals surface area contributed by atoms with Crippen molar-refractivity contribution < 1.29 is 38.9 Å². The van der Waals surface area contributed by atoms with E-state index in [-0.39, 0.29) is 40.1 Å². The SMILES string of the molecule is C.CC.CC.CC.CCC(C)(C)C.N=C=O.[3H][CH2-].[Y]. The number of hydrogen-bond acceptors (Lipinski definition) is 2. The standard InChI is InChI=1S/C6H14.3C2H6.CHNO.CH4.CH3.Y/c1-5-6(2,3)4;3*1-2;2-1-3;;;/h5H2,1-4H3;3*1-2H3;2H;1H4;1H3;/q;;;;;;-1;/i;;;;;;1T;. The molecular weight excluding hydrogens is 299 g/mol. The summed E-state index contributed by atoms with van der Waals surface area (Å²) in [6.45, 7) is 20.9. The van der Waals surface area contributed by atoms with Crippen LogP contribution in [0.25, 0.3) is 0 Å². The van der Waals surface area contributed by atoms with Crippen molar-refractivity contribution in [3.63, 3.8) is 0 Å². The molecule has 115 valence electrons. The van der Waals surface area contributed by atoms with Crippen LogP contribution in [0.3, 0.4) is 0 Å². The quantitative estimate of drug-likeness (QED) is 0.305. The Bertz CT molecular complexity index is 98.8. The molecule has 18 heavy (non-hydrogen) atoms. The molecule has 1 radical (unpaired) electrons. The molecule has 0 fully saturated rings. The second-order valence-electron chi connectivity index (χ2n) is 3.02. The Morgan fingerprint density at radius 3 is 1.11 bits per heavy atom. The summed E-state index contributed by atoms with van der Waals surface area (Å²) in [6.07, 6.45) is 2.02. The van der Waals surface area contributed by atoms with E-state index in [0.717, 1.165) is 6.08 Å². The van der Waals surface area contributed by atoms with Crippen LogP contribution in [-0.4, -0.2) is 6.08 Å². The van der Waals surface area contributed by atoms with Gasteiger partial charge in [0, 0.05) is 32.7 Å². The predicted octanol–water partition coefficient (Wildman–Crippen LogP) is 6.51. The molecule has 0 aliphatic heterocycles. The van der Waals surface area contributed by atoms with E-state index in [1.807, 2.05) is 41.5 Å². The molecule has 0 spiro atoms. The summed E-state index contributed by atoms with van der Waals surface area (Å²) >= 11 is 0. The largest absolute Gasteiger partial charge is 0.358 e. The minimum Gasteiger partial charge on any atom is -0.358 e. The average Bonchev–Trinajstić information content (AvgIpc) is 2.39. The molecule has 0 aromatic rings. The van der Waals surface area contributed by atoms with E-state index >= 15 is 0 Å². The van der Waals surface area contributed by atoms with Crippen molar-refractivity contribution in [2.75, 3.05) is 0 Å². The Kier molecular flexibility index (Phi) is 157. The average molecular weight is 341 g/mol. The summed E-state index contributed by atoms with van der Waals surface area (Å²) in [5, 5.41) is 5.40. The molecular formula is C15H40NOY-. The van der Waals surface area contributed by atoms with Gasteiger partial charge in [-0.05, 0) is 5.41 Å². The van der Waals surface area contributed by atoms with Crippen molar-refractivity contribution in [3.8, 4) is 0 Å². The molecule has 3 heteroatoms. The Labute approximate surface area is 146 Å². The van der Waals surface area contributed by atoms with E-state index in [0.29, 0.717) is 5.41 Å². The first-order valence-corrected chi connectivity index (χ1v) is 6.01. The molecule has 0 amide bonds. The molecule has 0 aliphatic rings. The number of hydrogen-bond donors (Lipinski definition) is 1. The van der Waals surface area contributed by atoms with Gasteiger partial charge in [-0.15, -0.1) is 0 Å². The topological polar surface area (TPSA) is 40.9 Å². The zero-order valence-electron chi connectivity index (χ0n) is 14.9. The van der Waals surface area contributed by atoms with Gasteiger partial charge >= 0.3 is 0 Å². The first kappa shape index (κ1) is 42.8. The second-order valence-corrected chi connectivity index (χ2v) is 3.02. The third kappa shape index (κ3) is 326. The molecule has 0 saturated heterocycles. The third-order valence-electron chi connectivity index (χ3n) is 1.06. The smallest absolute Gasteiger partial charge is 0.231 e. The maximum Gasteiger partial charge on any atom is 0.231 e. The third-order valence-corrected chi connectivity index (χ3v) is 1.06. The van der Waals surface area contributed by atoms with E-state index in [2.05, 4.69) is 35.1 Å². The zero-order chi connectivity index (χ0) is 15.9. The Morgan fingerprint density at radius 2 is 1.11 bits per heavy atom. The molecule has 0 saturated carbocycles. The van der Waals surface area contributed by atoms with Crippen molar-refractivity contribution in [2.45, 2.75) is 83.1 Å². The van der Waals surface area contributed by atoms with Gasteiger partial charge in [0.25, 0.3) is 0 Å². The van der Waals surface area contributed by atoms with Gasteiger partial charge in [0.05, 0.1) is 0 Å². The van der Waals surface area contributed by atoms with Gasteiger partial charge in [-0.25, -0.2) is 11.6 Å². The second kappa shape index (κ2) is 66.0. The Hall–Kier alpha value is 0.484. The van der Waals surface area contributed by atoms with Crippen LogP contribution in [0.4, 0.5) is 0 Å². The maximum absolute atomic E-state index is 8.35. The summed E-state index contributed by atoms with van der Waals surface area (Å²) in [7, 11) is 2.50. The van der Waals surface area contributed by atoms with Crippen LogP contribution in [0.5, 0.6) is 0 Å². The number of carbonyl (C=O) groups excluding carboxylic acids is 1. The van der Waals surface area contributed by atoms with E-state index in [9.17, 15) is 0 Å². The van der Waals surface area contributed by atoms with Gasteiger partial charge in [0.2, 0.25) is 6.08 Å². The van der Waals surface area contributed by atoms with Gasteiger partial charge in [-0.1, -0.05) is 83.1 Å². The van der Waals surface area contributed by atoms with Crippen LogP contribution in [0.1, 0.15) is 84.5 Å². The number of isocyanates is 1. The van der Waals surface area contributed by atoms with Crippen LogP contribution in [0.15, 0.2) is 0 Å². The Morgan fingerprint density at radius 1 is 1.06 bits per heavy atom. The predicted molar refractivity (Wildman–Crippen MR) is 85.3 cm³/mol. The Balaban J connectivity index is -0.0000000137. The van der Waals surface area contributed by atoms with Crippen LogP contribution in [0, 0.1) is 18.2 Å². The van der Waals surface area contributed by atoms with Gasteiger partial charge in [-0.2, -0.15) is 0 Å². The summed E-state index contributed by atoms with van der Waals surface area (Å²) in [4.78, 5) is 8.35. The minimum atomic E-state index is 0. The molecule has 2 nitrogen and oxygen atoms in total. The summed E-state index contributed by atoms with van der Waals surface area (Å²) in [6, 6.07) is 0. The monoisotopic (exact) mass is 341 g/mol. The molecule has 0 rings (SSSR count). The molecule has 0 atom stereocenters. The van der Waals surface area contributed by atoms with E-state index in [1.54, 1.807) is 0 Å². The zero-order valence-corrected chi connectivity index (χ0v) is 16.7. The fraction of sp³-hybridized carbons (Fsp3) is 0.867. The van der Waals surface area contributed by atoms with Crippen molar-refractivity contribution in [1.29, 1.82) is 5.41 Å². The van der Waals surface area contributed by atoms with Crippen molar-refractivity contribution >= 4 is 6.08 Å². The first-order chi connectivity index (χ1) is 7.97. The summed E-state index contributed by atoms with van der Waals surface area (Å²) < 4.78 is 5.50. The van der Waals surface area contributed by atoms with Crippen molar-refractivity contribution in [3.05, 3.63) is 7.40 Å². The molecule has 1 N–H and O–H groups in total. The van der Waals surface area contributed by atoms with Gasteiger partial charge < -0.3 is 7.40 Å². The van der Waals surface area contributed by atoms with E-state index in [1.165, 1.54) is 6.42 Å². The normalized spacial score (nSPS) is 5.83. The van der Waals surface area contributed by atoms with Crippen LogP contribution in [-0.2, 0) is 37.5 Å². The molecule has 0 bridgehead atoms. The summed E-state index contributed by atoms with van der Waals surface area (Å²) in [5.41, 5.74) is 0.542. The van der Waals surface area contributed by atoms with E-state index < -0.39 is 0 Å². The molecule has 0 heterocycles. The number of nitrogens with one attached hydrogen (secondary N) is 1. The molecule has 0 aromatic carbocycles. The van der Waals surface area contributed by atoms with Crippen LogP contribution < -0.4 is 0 Å². The van der Waals surface area contributed by atoms with Gasteiger partial charge in [-0.3, -0.25) is 0 Å². The maximum atomic E-state index is 8.35. The molecule has 0 aromatic heterocycles. The fourth-order valence-electron chi connectivity index (χ4n) is 0. The number of rotatable bonds is 0. The molecule has 0 aliphatic carbocycles. The van der Waals surface area contributed by atoms with Gasteiger partial charge in [0.1, 0.15) is 0 Å². The van der Waals surface area contributed by atoms with E-state index in [4.69, 9.17) is 11.6 Å².